The molecule has 1 aromatic rings. The van der Waals surface area contributed by atoms with Gasteiger partial charge in [-0.2, -0.15) is 5.10 Å². The average Bonchev–Trinajstić information content (AvgIpc) is 3.22. The maximum absolute atomic E-state index is 13.8. The van der Waals surface area contributed by atoms with Crippen molar-refractivity contribution in [1.82, 2.24) is 24.6 Å². The van der Waals surface area contributed by atoms with Gasteiger partial charge in [-0.05, 0) is 64.2 Å². The van der Waals surface area contributed by atoms with E-state index in [1.165, 1.54) is 19.3 Å². The standard InChI is InChI=1S/C22H35N5O2/c1-17(2)29-8-7-25-3-5-26(6-4-25)20(28)21-10-18-9-19(11-21)13-22(12-18,14-21)27-16-23-15-24-27/h15-19H,3-14H2,1-2H3/t18-,19-,21?,22?/m1/s1. The van der Waals surface area contributed by atoms with Gasteiger partial charge in [0.05, 0.1) is 23.7 Å². The predicted octanol–water partition coefficient (Wildman–Crippen LogP) is 2.14. The Balaban J connectivity index is 1.26. The smallest absolute Gasteiger partial charge is 0.228 e. The molecule has 0 spiro atoms. The highest BCUT2D eigenvalue weighted by Gasteiger charge is 2.62. The van der Waals surface area contributed by atoms with Crippen LogP contribution in [0.3, 0.4) is 0 Å². The Hall–Kier alpha value is -1.47. The summed E-state index contributed by atoms with van der Waals surface area (Å²) in [4.78, 5) is 22.6. The summed E-state index contributed by atoms with van der Waals surface area (Å²) >= 11 is 0. The van der Waals surface area contributed by atoms with Gasteiger partial charge in [0.25, 0.3) is 0 Å². The molecule has 4 bridgehead atoms. The molecule has 1 aliphatic heterocycles. The molecule has 1 amide bonds. The van der Waals surface area contributed by atoms with Gasteiger partial charge in [0.1, 0.15) is 12.7 Å². The lowest BCUT2D eigenvalue weighted by Gasteiger charge is -2.61. The lowest BCUT2D eigenvalue weighted by Crippen LogP contribution is -2.63. The van der Waals surface area contributed by atoms with E-state index in [9.17, 15) is 4.79 Å². The average molecular weight is 402 g/mol. The first-order valence-electron chi connectivity index (χ1n) is 11.5. The topological polar surface area (TPSA) is 63.5 Å². The molecule has 0 aromatic carbocycles. The summed E-state index contributed by atoms with van der Waals surface area (Å²) in [5.74, 6) is 1.76. The molecule has 5 fully saturated rings. The number of carbonyl (C=O) groups is 1. The largest absolute Gasteiger partial charge is 0.377 e. The summed E-state index contributed by atoms with van der Waals surface area (Å²) in [7, 11) is 0. The minimum Gasteiger partial charge on any atom is -0.377 e. The van der Waals surface area contributed by atoms with Gasteiger partial charge in [0.15, 0.2) is 0 Å². The van der Waals surface area contributed by atoms with Gasteiger partial charge in [0.2, 0.25) is 5.91 Å². The summed E-state index contributed by atoms with van der Waals surface area (Å²) in [6.45, 7) is 9.53. The number of piperazine rings is 1. The lowest BCUT2D eigenvalue weighted by atomic mass is 9.46. The monoisotopic (exact) mass is 401 g/mol. The molecule has 0 unspecified atom stereocenters. The Morgan fingerprint density at radius 2 is 1.86 bits per heavy atom. The number of ether oxygens (including phenoxy) is 1. The Kier molecular flexibility index (Phi) is 4.93. The van der Waals surface area contributed by atoms with Crippen molar-refractivity contribution in [3.05, 3.63) is 12.7 Å². The van der Waals surface area contributed by atoms with Crippen molar-refractivity contribution in [3.63, 3.8) is 0 Å². The summed E-state index contributed by atoms with van der Waals surface area (Å²) in [5, 5.41) is 4.52. The third-order valence-electron chi connectivity index (χ3n) is 7.91. The number of carbonyl (C=O) groups excluding carboxylic acids is 1. The predicted molar refractivity (Wildman–Crippen MR) is 109 cm³/mol. The van der Waals surface area contributed by atoms with Gasteiger partial charge in [-0.1, -0.05) is 0 Å². The van der Waals surface area contributed by atoms with Crippen molar-refractivity contribution in [1.29, 1.82) is 0 Å². The molecular formula is C22H35N5O2. The minimum absolute atomic E-state index is 0.0201. The lowest BCUT2D eigenvalue weighted by molar-refractivity contribution is -0.168. The molecule has 1 aromatic heterocycles. The summed E-state index contributed by atoms with van der Waals surface area (Å²) < 4.78 is 7.79. The van der Waals surface area contributed by atoms with Gasteiger partial charge in [0, 0.05) is 32.7 Å². The SMILES string of the molecule is CC(C)OCCN1CCN(C(=O)C23C[C@H]4C[C@H](C2)CC(n2cncn2)(C4)C3)CC1. The van der Waals surface area contributed by atoms with Crippen molar-refractivity contribution >= 4 is 5.91 Å². The normalized spacial score (nSPS) is 36.9. The van der Waals surface area contributed by atoms with Crippen LogP contribution in [0.2, 0.25) is 0 Å². The fraction of sp³-hybridized carbons (Fsp3) is 0.864. The first kappa shape index (κ1) is 19.5. The molecule has 160 valence electrons. The third-order valence-corrected chi connectivity index (χ3v) is 7.91. The Labute approximate surface area is 173 Å². The molecule has 29 heavy (non-hydrogen) atoms. The van der Waals surface area contributed by atoms with Crippen LogP contribution in [0.5, 0.6) is 0 Å². The zero-order valence-electron chi connectivity index (χ0n) is 17.9. The molecule has 5 aliphatic rings. The van der Waals surface area contributed by atoms with E-state index in [2.05, 4.69) is 38.4 Å². The van der Waals surface area contributed by atoms with Gasteiger partial charge >= 0.3 is 0 Å². The Morgan fingerprint density at radius 3 is 2.48 bits per heavy atom. The van der Waals surface area contributed by atoms with Crippen molar-refractivity contribution < 1.29 is 9.53 Å². The van der Waals surface area contributed by atoms with Crippen LogP contribution in [0.4, 0.5) is 0 Å². The van der Waals surface area contributed by atoms with Crippen molar-refractivity contribution in [2.45, 2.75) is 64.0 Å². The zero-order valence-corrected chi connectivity index (χ0v) is 17.9. The van der Waals surface area contributed by atoms with Crippen LogP contribution in [-0.2, 0) is 15.1 Å². The third kappa shape index (κ3) is 3.50. The maximum Gasteiger partial charge on any atom is 0.228 e. The minimum atomic E-state index is -0.168. The highest BCUT2D eigenvalue weighted by atomic mass is 16.5. The number of hydrogen-bond acceptors (Lipinski definition) is 5. The first-order valence-corrected chi connectivity index (χ1v) is 11.5. The summed E-state index contributed by atoms with van der Waals surface area (Å²) in [6.07, 6.45) is 10.6. The van der Waals surface area contributed by atoms with Crippen LogP contribution in [0, 0.1) is 17.3 Å². The molecule has 2 atom stereocenters. The van der Waals surface area contributed by atoms with Crippen LogP contribution in [0.1, 0.15) is 52.4 Å². The quantitative estimate of drug-likeness (QED) is 0.731. The van der Waals surface area contributed by atoms with Crippen LogP contribution >= 0.6 is 0 Å². The second-order valence-electron chi connectivity index (χ2n) is 10.4. The van der Waals surface area contributed by atoms with E-state index in [1.807, 2.05) is 6.33 Å². The number of hydrogen-bond donors (Lipinski definition) is 0. The van der Waals surface area contributed by atoms with E-state index >= 15 is 0 Å². The van der Waals surface area contributed by atoms with Crippen LogP contribution in [-0.4, -0.2) is 75.9 Å². The number of rotatable bonds is 6. The number of aromatic nitrogens is 3. The Bertz CT molecular complexity index is 712. The molecule has 4 aliphatic carbocycles. The number of amides is 1. The Morgan fingerprint density at radius 1 is 1.14 bits per heavy atom. The molecule has 1 saturated heterocycles. The molecule has 0 radical (unpaired) electrons. The molecule has 4 saturated carbocycles. The van der Waals surface area contributed by atoms with Crippen LogP contribution < -0.4 is 0 Å². The molecule has 7 heteroatoms. The van der Waals surface area contributed by atoms with Crippen LogP contribution in [0.25, 0.3) is 0 Å². The maximum atomic E-state index is 13.8. The van der Waals surface area contributed by atoms with E-state index in [0.29, 0.717) is 17.7 Å². The zero-order chi connectivity index (χ0) is 20.1. The van der Waals surface area contributed by atoms with Crippen molar-refractivity contribution in [2.75, 3.05) is 39.3 Å². The molecule has 0 N–H and O–H groups in total. The second kappa shape index (κ2) is 7.34. The van der Waals surface area contributed by atoms with Gasteiger partial charge < -0.3 is 9.64 Å². The first-order chi connectivity index (χ1) is 14.0. The summed E-state index contributed by atoms with van der Waals surface area (Å²) in [5.41, 5.74) is -0.148. The highest BCUT2D eigenvalue weighted by Crippen LogP contribution is 2.64. The summed E-state index contributed by atoms with van der Waals surface area (Å²) in [6, 6.07) is 0. The molecule has 7 nitrogen and oxygen atoms in total. The van der Waals surface area contributed by atoms with E-state index in [0.717, 1.165) is 58.6 Å². The van der Waals surface area contributed by atoms with Crippen LogP contribution in [0.15, 0.2) is 12.7 Å². The van der Waals surface area contributed by atoms with Gasteiger partial charge in [-0.25, -0.2) is 9.67 Å². The van der Waals surface area contributed by atoms with Gasteiger partial charge in [-0.3, -0.25) is 9.69 Å². The van der Waals surface area contributed by atoms with Gasteiger partial charge in [-0.15, -0.1) is 0 Å². The molecular weight excluding hydrogens is 366 g/mol. The van der Waals surface area contributed by atoms with E-state index in [1.54, 1.807) is 6.33 Å². The van der Waals surface area contributed by atoms with E-state index in [4.69, 9.17) is 4.74 Å². The van der Waals surface area contributed by atoms with Crippen molar-refractivity contribution in [3.8, 4) is 0 Å². The second-order valence-corrected chi connectivity index (χ2v) is 10.4. The molecule has 6 rings (SSSR count). The highest BCUT2D eigenvalue weighted by molar-refractivity contribution is 5.83. The fourth-order valence-electron chi connectivity index (χ4n) is 7.11. The molecule has 2 heterocycles. The van der Waals surface area contributed by atoms with E-state index < -0.39 is 0 Å². The fourth-order valence-corrected chi connectivity index (χ4v) is 7.11. The number of nitrogens with zero attached hydrogens (tertiary/aromatic N) is 5. The van der Waals surface area contributed by atoms with Crippen molar-refractivity contribution in [2.24, 2.45) is 17.3 Å². The van der Waals surface area contributed by atoms with E-state index in [-0.39, 0.29) is 17.1 Å².